The summed E-state index contributed by atoms with van der Waals surface area (Å²) in [5.74, 6) is 1.01. The lowest BCUT2D eigenvalue weighted by Crippen LogP contribution is -2.04. The van der Waals surface area contributed by atoms with Crippen molar-refractivity contribution in [2.45, 2.75) is 6.18 Å². The fourth-order valence-electron chi connectivity index (χ4n) is 2.15. The first-order valence-corrected chi connectivity index (χ1v) is 6.70. The highest BCUT2D eigenvalue weighted by Gasteiger charge is 2.30. The van der Waals surface area contributed by atoms with Crippen LogP contribution < -0.4 is 0 Å². The van der Waals surface area contributed by atoms with Crippen molar-refractivity contribution in [2.24, 2.45) is 0 Å². The van der Waals surface area contributed by atoms with Gasteiger partial charge < -0.3 is 4.42 Å². The molecule has 2 aromatic carbocycles. The number of halogens is 3. The highest BCUT2D eigenvalue weighted by Crippen LogP contribution is 2.33. The molecule has 0 bridgehead atoms. The van der Waals surface area contributed by atoms with Crippen molar-refractivity contribution in [1.29, 1.82) is 0 Å². The van der Waals surface area contributed by atoms with Crippen molar-refractivity contribution in [1.82, 2.24) is 0 Å². The third-order valence-electron chi connectivity index (χ3n) is 3.21. The van der Waals surface area contributed by atoms with Gasteiger partial charge in [-0.05, 0) is 29.8 Å². The van der Waals surface area contributed by atoms with E-state index in [1.165, 1.54) is 6.07 Å². The van der Waals surface area contributed by atoms with Crippen LogP contribution in [0.4, 0.5) is 13.2 Å². The molecule has 0 aliphatic carbocycles. The maximum absolute atomic E-state index is 12.7. The van der Waals surface area contributed by atoms with Gasteiger partial charge >= 0.3 is 6.18 Å². The van der Waals surface area contributed by atoms with Gasteiger partial charge in [-0.25, -0.2) is 0 Å². The summed E-state index contributed by atoms with van der Waals surface area (Å²) in [7, 11) is 0. The normalized spacial score (nSPS) is 11.6. The molecule has 1 aromatic heterocycles. The molecule has 1 radical (unpaired) electrons. The SMILES string of the molecule is FC(F)(F)c1cccc(-c2ccc([CH]c3ccccc3)o2)c1. The smallest absolute Gasteiger partial charge is 0.416 e. The summed E-state index contributed by atoms with van der Waals surface area (Å²) in [6.07, 6.45) is -2.53. The van der Waals surface area contributed by atoms with Gasteiger partial charge in [0.25, 0.3) is 0 Å². The van der Waals surface area contributed by atoms with Crippen LogP contribution in [0.5, 0.6) is 0 Å². The van der Waals surface area contributed by atoms with Crippen molar-refractivity contribution in [3.05, 3.63) is 90.0 Å². The van der Waals surface area contributed by atoms with Crippen LogP contribution >= 0.6 is 0 Å². The van der Waals surface area contributed by atoms with Crippen molar-refractivity contribution in [3.63, 3.8) is 0 Å². The Kier molecular flexibility index (Phi) is 3.75. The van der Waals surface area contributed by atoms with Crippen LogP contribution in [0.3, 0.4) is 0 Å². The van der Waals surface area contributed by atoms with E-state index in [2.05, 4.69) is 0 Å². The van der Waals surface area contributed by atoms with Gasteiger partial charge in [0.15, 0.2) is 0 Å². The summed E-state index contributed by atoms with van der Waals surface area (Å²) in [4.78, 5) is 0. The fourth-order valence-corrected chi connectivity index (χ4v) is 2.15. The highest BCUT2D eigenvalue weighted by molar-refractivity contribution is 5.59. The molecule has 3 aromatic rings. The number of furan rings is 1. The number of alkyl halides is 3. The summed E-state index contributed by atoms with van der Waals surface area (Å²) in [6, 6.07) is 18.1. The maximum Gasteiger partial charge on any atom is 0.416 e. The van der Waals surface area contributed by atoms with Crippen LogP contribution in [0.25, 0.3) is 11.3 Å². The van der Waals surface area contributed by atoms with Crippen LogP contribution in [0.15, 0.2) is 71.1 Å². The Balaban J connectivity index is 1.85. The zero-order valence-corrected chi connectivity index (χ0v) is 11.5. The minimum Gasteiger partial charge on any atom is -0.460 e. The number of hydrogen-bond acceptors (Lipinski definition) is 1. The molecule has 0 atom stereocenters. The summed E-state index contributed by atoms with van der Waals surface area (Å²) in [5.41, 5.74) is 0.685. The molecule has 22 heavy (non-hydrogen) atoms. The van der Waals surface area contributed by atoms with Crippen LogP contribution in [-0.2, 0) is 6.18 Å². The Hall–Kier alpha value is -2.49. The van der Waals surface area contributed by atoms with E-state index in [4.69, 9.17) is 4.42 Å². The van der Waals surface area contributed by atoms with E-state index in [0.717, 1.165) is 17.7 Å². The van der Waals surface area contributed by atoms with E-state index < -0.39 is 11.7 Å². The van der Waals surface area contributed by atoms with Gasteiger partial charge in [0.05, 0.1) is 12.0 Å². The van der Waals surface area contributed by atoms with Gasteiger partial charge in [-0.3, -0.25) is 0 Å². The average Bonchev–Trinajstić information content (AvgIpc) is 2.96. The number of rotatable bonds is 3. The molecular weight excluding hydrogens is 289 g/mol. The second kappa shape index (κ2) is 5.72. The molecule has 0 unspecified atom stereocenters. The van der Waals surface area contributed by atoms with Gasteiger partial charge in [-0.2, -0.15) is 13.2 Å². The third kappa shape index (κ3) is 3.22. The molecule has 0 aliphatic heterocycles. The Morgan fingerprint density at radius 1 is 0.818 bits per heavy atom. The summed E-state index contributed by atoms with van der Waals surface area (Å²) in [6.45, 7) is 0. The monoisotopic (exact) mass is 301 g/mol. The quantitative estimate of drug-likeness (QED) is 0.616. The van der Waals surface area contributed by atoms with Gasteiger partial charge in [-0.15, -0.1) is 0 Å². The zero-order valence-electron chi connectivity index (χ0n) is 11.5. The Labute approximate surface area is 126 Å². The Bertz CT molecular complexity index is 757. The third-order valence-corrected chi connectivity index (χ3v) is 3.21. The van der Waals surface area contributed by atoms with Gasteiger partial charge in [0, 0.05) is 5.56 Å². The van der Waals surface area contributed by atoms with Crippen LogP contribution in [0.2, 0.25) is 0 Å². The lowest BCUT2D eigenvalue weighted by Gasteiger charge is -2.07. The second-order valence-corrected chi connectivity index (χ2v) is 4.84. The van der Waals surface area contributed by atoms with E-state index in [1.54, 1.807) is 18.2 Å². The average molecular weight is 301 g/mol. The lowest BCUT2D eigenvalue weighted by atomic mass is 10.1. The van der Waals surface area contributed by atoms with Crippen LogP contribution in [-0.4, -0.2) is 0 Å². The maximum atomic E-state index is 12.7. The van der Waals surface area contributed by atoms with Crippen LogP contribution in [0, 0.1) is 6.42 Å². The molecule has 0 aliphatic rings. The molecule has 1 heterocycles. The first-order chi connectivity index (χ1) is 10.5. The lowest BCUT2D eigenvalue weighted by molar-refractivity contribution is -0.137. The molecule has 0 spiro atoms. The van der Waals surface area contributed by atoms with Crippen LogP contribution in [0.1, 0.15) is 16.9 Å². The second-order valence-electron chi connectivity index (χ2n) is 4.84. The van der Waals surface area contributed by atoms with E-state index >= 15 is 0 Å². The Morgan fingerprint density at radius 2 is 1.59 bits per heavy atom. The molecule has 1 nitrogen and oxygen atoms in total. The van der Waals surface area contributed by atoms with Crippen molar-refractivity contribution in [2.75, 3.05) is 0 Å². The largest absolute Gasteiger partial charge is 0.460 e. The standard InChI is InChI=1S/C18H12F3O/c19-18(20,21)15-8-4-7-14(12-15)17-10-9-16(22-17)11-13-5-2-1-3-6-13/h1-12H. The zero-order chi connectivity index (χ0) is 15.6. The first-order valence-electron chi connectivity index (χ1n) is 6.70. The molecular formula is C18H12F3O. The predicted octanol–water partition coefficient (Wildman–Crippen LogP) is 5.57. The molecule has 111 valence electrons. The molecule has 0 fully saturated rings. The van der Waals surface area contributed by atoms with E-state index in [-0.39, 0.29) is 0 Å². The Morgan fingerprint density at radius 3 is 2.32 bits per heavy atom. The van der Waals surface area contributed by atoms with Gasteiger partial charge in [0.1, 0.15) is 11.5 Å². The molecule has 0 saturated carbocycles. The van der Waals surface area contributed by atoms with Gasteiger partial charge in [0.2, 0.25) is 0 Å². The fraction of sp³-hybridized carbons (Fsp3) is 0.0556. The van der Waals surface area contributed by atoms with Crippen molar-refractivity contribution < 1.29 is 17.6 Å². The minimum atomic E-state index is -4.36. The highest BCUT2D eigenvalue weighted by atomic mass is 19.4. The first kappa shape index (κ1) is 14.4. The van der Waals surface area contributed by atoms with Crippen molar-refractivity contribution >= 4 is 0 Å². The number of benzene rings is 2. The van der Waals surface area contributed by atoms with E-state index in [1.807, 2.05) is 36.8 Å². The van der Waals surface area contributed by atoms with Gasteiger partial charge in [-0.1, -0.05) is 42.5 Å². The summed E-state index contributed by atoms with van der Waals surface area (Å²) in [5, 5.41) is 0. The van der Waals surface area contributed by atoms with E-state index in [0.29, 0.717) is 17.1 Å². The number of hydrogen-bond donors (Lipinski definition) is 0. The van der Waals surface area contributed by atoms with Crippen molar-refractivity contribution in [3.8, 4) is 11.3 Å². The minimum absolute atomic E-state index is 0.405. The molecule has 0 saturated heterocycles. The van der Waals surface area contributed by atoms with E-state index in [9.17, 15) is 13.2 Å². The molecule has 0 N–H and O–H groups in total. The summed E-state index contributed by atoms with van der Waals surface area (Å²) >= 11 is 0. The molecule has 4 heteroatoms. The molecule has 3 rings (SSSR count). The summed E-state index contributed by atoms with van der Waals surface area (Å²) < 4.78 is 43.8. The predicted molar refractivity (Wildman–Crippen MR) is 78.1 cm³/mol. The molecule has 0 amide bonds. The topological polar surface area (TPSA) is 13.1 Å².